The fourth-order valence-electron chi connectivity index (χ4n) is 3.40. The highest BCUT2D eigenvalue weighted by Crippen LogP contribution is 2.23. The number of anilines is 2. The maximum atomic E-state index is 12.9. The molecule has 178 valence electrons. The average molecular weight is 489 g/mol. The van der Waals surface area contributed by atoms with Crippen LogP contribution in [0, 0.1) is 6.92 Å². The summed E-state index contributed by atoms with van der Waals surface area (Å²) in [7, 11) is -3.84. The molecule has 0 aliphatic rings. The van der Waals surface area contributed by atoms with Crippen LogP contribution in [0.1, 0.15) is 23.1 Å². The molecule has 0 saturated heterocycles. The molecule has 0 spiro atoms. The van der Waals surface area contributed by atoms with E-state index in [-0.39, 0.29) is 16.5 Å². The van der Waals surface area contributed by atoms with Crippen LogP contribution >= 0.6 is 0 Å². The Morgan fingerprint density at radius 2 is 1.69 bits per heavy atom. The lowest BCUT2D eigenvalue weighted by molar-refractivity contribution is 0.102. The number of nitrogens with one attached hydrogen (secondary N) is 2. The van der Waals surface area contributed by atoms with Gasteiger partial charge in [-0.2, -0.15) is 0 Å². The SMILES string of the molecule is CCOc1ccc(S(=O)(=O)Nc2cccc(C(=O)Nc3cccc(-c4ccnc(C)n4)c3)c2)cc1. The van der Waals surface area contributed by atoms with E-state index in [0.29, 0.717) is 29.4 Å². The van der Waals surface area contributed by atoms with Gasteiger partial charge in [0.15, 0.2) is 0 Å². The number of rotatable bonds is 8. The molecule has 8 nitrogen and oxygen atoms in total. The van der Waals surface area contributed by atoms with Gasteiger partial charge in [-0.05, 0) is 74.5 Å². The molecule has 1 heterocycles. The van der Waals surface area contributed by atoms with Gasteiger partial charge >= 0.3 is 0 Å². The van der Waals surface area contributed by atoms with Crippen LogP contribution in [0.3, 0.4) is 0 Å². The van der Waals surface area contributed by atoms with Gasteiger partial charge in [-0.1, -0.05) is 18.2 Å². The second-order valence-electron chi connectivity index (χ2n) is 7.61. The number of benzene rings is 3. The summed E-state index contributed by atoms with van der Waals surface area (Å²) in [4.78, 5) is 21.5. The first-order valence-electron chi connectivity index (χ1n) is 10.9. The summed E-state index contributed by atoms with van der Waals surface area (Å²) in [6.07, 6.45) is 1.68. The van der Waals surface area contributed by atoms with Crippen LogP contribution < -0.4 is 14.8 Å². The van der Waals surface area contributed by atoms with Gasteiger partial charge in [-0.25, -0.2) is 18.4 Å². The molecule has 0 aliphatic heterocycles. The maximum Gasteiger partial charge on any atom is 0.261 e. The van der Waals surface area contributed by atoms with E-state index in [1.54, 1.807) is 48.7 Å². The molecule has 4 rings (SSSR count). The molecule has 35 heavy (non-hydrogen) atoms. The number of hydrogen-bond donors (Lipinski definition) is 2. The molecule has 0 fully saturated rings. The lowest BCUT2D eigenvalue weighted by Crippen LogP contribution is -2.15. The molecule has 1 aromatic heterocycles. The molecule has 1 amide bonds. The first-order valence-corrected chi connectivity index (χ1v) is 12.4. The fraction of sp³-hybridized carbons (Fsp3) is 0.115. The molecule has 0 saturated carbocycles. The van der Waals surface area contributed by atoms with Crippen LogP contribution in [0.5, 0.6) is 5.75 Å². The fourth-order valence-corrected chi connectivity index (χ4v) is 4.45. The molecule has 0 atom stereocenters. The Morgan fingerprint density at radius 3 is 2.43 bits per heavy atom. The minimum Gasteiger partial charge on any atom is -0.494 e. The molecular formula is C26H24N4O4S. The second kappa shape index (κ2) is 10.4. The Morgan fingerprint density at radius 1 is 0.943 bits per heavy atom. The highest BCUT2D eigenvalue weighted by Gasteiger charge is 2.16. The predicted molar refractivity (Wildman–Crippen MR) is 135 cm³/mol. The zero-order valence-corrected chi connectivity index (χ0v) is 20.0. The zero-order chi connectivity index (χ0) is 24.8. The maximum absolute atomic E-state index is 12.9. The standard InChI is InChI=1S/C26H24N4O4S/c1-3-34-23-10-12-24(13-11-23)35(32,33)30-22-9-5-7-20(17-22)26(31)29-21-8-4-6-19(16-21)25-14-15-27-18(2)28-25/h4-17,30H,3H2,1-2H3,(H,29,31). The van der Waals surface area contributed by atoms with Crippen molar-refractivity contribution in [1.82, 2.24) is 9.97 Å². The predicted octanol–water partition coefficient (Wildman–Crippen LogP) is 4.90. The van der Waals surface area contributed by atoms with Crippen molar-refractivity contribution in [2.24, 2.45) is 0 Å². The van der Waals surface area contributed by atoms with Gasteiger partial charge in [-0.15, -0.1) is 0 Å². The topological polar surface area (TPSA) is 110 Å². The number of aromatic nitrogens is 2. The molecule has 3 aromatic carbocycles. The van der Waals surface area contributed by atoms with Crippen LogP contribution in [0.4, 0.5) is 11.4 Å². The van der Waals surface area contributed by atoms with E-state index in [2.05, 4.69) is 20.0 Å². The lowest BCUT2D eigenvalue weighted by atomic mass is 10.1. The van der Waals surface area contributed by atoms with Gasteiger partial charge in [0.25, 0.3) is 15.9 Å². The van der Waals surface area contributed by atoms with E-state index in [0.717, 1.165) is 11.3 Å². The van der Waals surface area contributed by atoms with E-state index in [1.807, 2.05) is 32.0 Å². The smallest absolute Gasteiger partial charge is 0.261 e. The number of carbonyl (C=O) groups excluding carboxylic acids is 1. The molecular weight excluding hydrogens is 464 g/mol. The Bertz CT molecular complexity index is 1450. The lowest BCUT2D eigenvalue weighted by Gasteiger charge is -2.11. The van der Waals surface area contributed by atoms with Crippen molar-refractivity contribution in [1.29, 1.82) is 0 Å². The van der Waals surface area contributed by atoms with Crippen molar-refractivity contribution < 1.29 is 17.9 Å². The monoisotopic (exact) mass is 488 g/mol. The zero-order valence-electron chi connectivity index (χ0n) is 19.2. The van der Waals surface area contributed by atoms with Crippen molar-refractivity contribution in [3.05, 3.63) is 96.4 Å². The van der Waals surface area contributed by atoms with E-state index < -0.39 is 10.0 Å². The highest BCUT2D eigenvalue weighted by molar-refractivity contribution is 7.92. The molecule has 0 unspecified atom stereocenters. The third-order valence-electron chi connectivity index (χ3n) is 5.01. The molecule has 2 N–H and O–H groups in total. The number of sulfonamides is 1. The Balaban J connectivity index is 1.49. The number of hydrogen-bond acceptors (Lipinski definition) is 6. The second-order valence-corrected chi connectivity index (χ2v) is 9.30. The number of amides is 1. The number of carbonyl (C=O) groups is 1. The molecule has 9 heteroatoms. The first kappa shape index (κ1) is 23.9. The molecule has 0 bridgehead atoms. The van der Waals surface area contributed by atoms with Crippen molar-refractivity contribution in [3.8, 4) is 17.0 Å². The van der Waals surface area contributed by atoms with E-state index in [1.165, 1.54) is 18.2 Å². The van der Waals surface area contributed by atoms with Crippen LogP contribution in [0.2, 0.25) is 0 Å². The van der Waals surface area contributed by atoms with Crippen LogP contribution in [-0.4, -0.2) is 30.9 Å². The number of ether oxygens (including phenoxy) is 1. The molecule has 4 aromatic rings. The van der Waals surface area contributed by atoms with Gasteiger partial charge in [0.1, 0.15) is 11.6 Å². The van der Waals surface area contributed by atoms with Gasteiger partial charge < -0.3 is 10.1 Å². The van der Waals surface area contributed by atoms with Gasteiger partial charge in [0.2, 0.25) is 0 Å². The summed E-state index contributed by atoms with van der Waals surface area (Å²) in [5.41, 5.74) is 2.76. The van der Waals surface area contributed by atoms with Crippen molar-refractivity contribution in [2.75, 3.05) is 16.6 Å². The summed E-state index contributed by atoms with van der Waals surface area (Å²) >= 11 is 0. The van der Waals surface area contributed by atoms with E-state index in [9.17, 15) is 13.2 Å². The minimum absolute atomic E-state index is 0.0904. The number of nitrogens with zero attached hydrogens (tertiary/aromatic N) is 2. The molecule has 0 aliphatic carbocycles. The van der Waals surface area contributed by atoms with Gasteiger partial charge in [0, 0.05) is 28.7 Å². The highest BCUT2D eigenvalue weighted by atomic mass is 32.2. The van der Waals surface area contributed by atoms with E-state index >= 15 is 0 Å². The van der Waals surface area contributed by atoms with Crippen LogP contribution in [-0.2, 0) is 10.0 Å². The number of aryl methyl sites for hydroxylation is 1. The Hall–Kier alpha value is -4.24. The third-order valence-corrected chi connectivity index (χ3v) is 6.41. The summed E-state index contributed by atoms with van der Waals surface area (Å²) < 4.78 is 33.4. The Labute approximate surface area is 204 Å². The third kappa shape index (κ3) is 6.01. The van der Waals surface area contributed by atoms with Crippen LogP contribution in [0.25, 0.3) is 11.3 Å². The largest absolute Gasteiger partial charge is 0.494 e. The minimum atomic E-state index is -3.84. The van der Waals surface area contributed by atoms with Crippen LogP contribution in [0.15, 0.2) is 90.0 Å². The average Bonchev–Trinajstić information content (AvgIpc) is 2.85. The Kier molecular flexibility index (Phi) is 7.07. The molecule has 0 radical (unpaired) electrons. The summed E-state index contributed by atoms with van der Waals surface area (Å²) in [6.45, 7) is 4.15. The quantitative estimate of drug-likeness (QED) is 0.365. The van der Waals surface area contributed by atoms with E-state index in [4.69, 9.17) is 4.74 Å². The van der Waals surface area contributed by atoms with Crippen molar-refractivity contribution in [3.63, 3.8) is 0 Å². The summed E-state index contributed by atoms with van der Waals surface area (Å²) in [5.74, 6) is 0.869. The first-order chi connectivity index (χ1) is 16.8. The van der Waals surface area contributed by atoms with Gasteiger partial charge in [0.05, 0.1) is 17.2 Å². The normalized spacial score (nSPS) is 11.0. The summed E-state index contributed by atoms with van der Waals surface area (Å²) in [6, 6.07) is 21.5. The van der Waals surface area contributed by atoms with Gasteiger partial charge in [-0.3, -0.25) is 9.52 Å². The van der Waals surface area contributed by atoms with Crippen molar-refractivity contribution in [2.45, 2.75) is 18.7 Å². The summed E-state index contributed by atoms with van der Waals surface area (Å²) in [5, 5.41) is 2.85. The van der Waals surface area contributed by atoms with Crippen molar-refractivity contribution >= 4 is 27.3 Å².